The van der Waals surface area contributed by atoms with Gasteiger partial charge in [0.25, 0.3) is 0 Å². The summed E-state index contributed by atoms with van der Waals surface area (Å²) < 4.78 is 5.75. The van der Waals surface area contributed by atoms with Crippen LogP contribution in [0.25, 0.3) is 0 Å². The topological polar surface area (TPSA) is 50.4 Å². The second kappa shape index (κ2) is 10.2. The standard InChI is InChI=1S/C23H30N2O2/c1-18(21-11-13-24-14-12-21)15-23(26)25-22-9-7-20(8-10-22)17-27-16-19-5-3-2-4-6-19/h2-10,18,21,24H,11-17H2,1H3,(H,25,26). The number of hydrogen-bond acceptors (Lipinski definition) is 3. The monoisotopic (exact) mass is 366 g/mol. The number of hydrogen-bond donors (Lipinski definition) is 2. The van der Waals surface area contributed by atoms with Gasteiger partial charge in [-0.3, -0.25) is 4.79 Å². The zero-order valence-electron chi connectivity index (χ0n) is 16.1. The van der Waals surface area contributed by atoms with Gasteiger partial charge in [0, 0.05) is 12.1 Å². The van der Waals surface area contributed by atoms with E-state index in [9.17, 15) is 4.79 Å². The molecular weight excluding hydrogens is 336 g/mol. The maximum absolute atomic E-state index is 12.3. The summed E-state index contributed by atoms with van der Waals surface area (Å²) in [6, 6.07) is 18.1. The molecule has 1 saturated heterocycles. The molecule has 1 unspecified atom stereocenters. The molecule has 4 nitrogen and oxygen atoms in total. The van der Waals surface area contributed by atoms with Crippen molar-refractivity contribution >= 4 is 11.6 Å². The number of rotatable bonds is 8. The molecule has 27 heavy (non-hydrogen) atoms. The Labute approximate surface area is 162 Å². The lowest BCUT2D eigenvalue weighted by Gasteiger charge is -2.27. The van der Waals surface area contributed by atoms with Crippen LogP contribution < -0.4 is 10.6 Å². The normalized spacial score (nSPS) is 16.0. The van der Waals surface area contributed by atoms with Crippen LogP contribution >= 0.6 is 0 Å². The lowest BCUT2D eigenvalue weighted by Crippen LogP contribution is -2.32. The fourth-order valence-electron chi connectivity index (χ4n) is 3.63. The fourth-order valence-corrected chi connectivity index (χ4v) is 3.63. The number of nitrogens with one attached hydrogen (secondary N) is 2. The predicted molar refractivity (Wildman–Crippen MR) is 109 cm³/mol. The number of benzene rings is 2. The zero-order chi connectivity index (χ0) is 18.9. The molecule has 2 aromatic carbocycles. The molecule has 0 radical (unpaired) electrons. The van der Waals surface area contributed by atoms with E-state index in [-0.39, 0.29) is 5.91 Å². The third-order valence-electron chi connectivity index (χ3n) is 5.31. The summed E-state index contributed by atoms with van der Waals surface area (Å²) in [6.45, 7) is 5.52. The largest absolute Gasteiger partial charge is 0.372 e. The molecule has 1 amide bonds. The summed E-state index contributed by atoms with van der Waals surface area (Å²) in [6.07, 6.45) is 2.94. The van der Waals surface area contributed by atoms with E-state index in [1.54, 1.807) is 0 Å². The molecule has 0 aromatic heterocycles. The van der Waals surface area contributed by atoms with E-state index >= 15 is 0 Å². The van der Waals surface area contributed by atoms with Gasteiger partial charge in [0.05, 0.1) is 13.2 Å². The highest BCUT2D eigenvalue weighted by Crippen LogP contribution is 2.24. The quantitative estimate of drug-likeness (QED) is 0.729. The molecule has 144 valence electrons. The molecule has 4 heteroatoms. The second-order valence-corrected chi connectivity index (χ2v) is 7.49. The first kappa shape index (κ1) is 19.6. The highest BCUT2D eigenvalue weighted by atomic mass is 16.5. The summed E-state index contributed by atoms with van der Waals surface area (Å²) in [7, 11) is 0. The second-order valence-electron chi connectivity index (χ2n) is 7.49. The summed E-state index contributed by atoms with van der Waals surface area (Å²) in [5.74, 6) is 1.19. The molecule has 1 fully saturated rings. The number of anilines is 1. The zero-order valence-corrected chi connectivity index (χ0v) is 16.1. The molecule has 3 rings (SSSR count). The van der Waals surface area contributed by atoms with Gasteiger partial charge < -0.3 is 15.4 Å². The molecule has 1 aliphatic heterocycles. The Morgan fingerprint density at radius 1 is 1.04 bits per heavy atom. The van der Waals surface area contributed by atoms with Crippen molar-refractivity contribution < 1.29 is 9.53 Å². The molecular formula is C23H30N2O2. The van der Waals surface area contributed by atoms with Crippen LogP contribution in [-0.4, -0.2) is 19.0 Å². The van der Waals surface area contributed by atoms with Crippen LogP contribution in [0.4, 0.5) is 5.69 Å². The number of amides is 1. The SMILES string of the molecule is CC(CC(=O)Nc1ccc(COCc2ccccc2)cc1)C1CCNCC1. The van der Waals surface area contributed by atoms with E-state index in [0.717, 1.165) is 24.3 Å². The number of carbonyl (C=O) groups excluding carboxylic acids is 1. The van der Waals surface area contributed by atoms with Crippen LogP contribution in [0.3, 0.4) is 0 Å². The molecule has 1 aliphatic rings. The number of carbonyl (C=O) groups is 1. The first-order chi connectivity index (χ1) is 13.2. The van der Waals surface area contributed by atoms with Crippen molar-refractivity contribution in [3.8, 4) is 0 Å². The Morgan fingerprint density at radius 2 is 1.67 bits per heavy atom. The van der Waals surface area contributed by atoms with Gasteiger partial charge in [-0.2, -0.15) is 0 Å². The Bertz CT molecular complexity index is 694. The average Bonchev–Trinajstić information content (AvgIpc) is 2.71. The Morgan fingerprint density at radius 3 is 2.33 bits per heavy atom. The first-order valence-electron chi connectivity index (χ1n) is 9.92. The van der Waals surface area contributed by atoms with Gasteiger partial charge in [-0.05, 0) is 61.0 Å². The Balaban J connectivity index is 1.40. The third kappa shape index (κ3) is 6.49. The smallest absolute Gasteiger partial charge is 0.224 e. The minimum atomic E-state index is 0.106. The summed E-state index contributed by atoms with van der Waals surface area (Å²) in [4.78, 5) is 12.3. The predicted octanol–water partition coefficient (Wildman–Crippen LogP) is 4.37. The highest BCUT2D eigenvalue weighted by molar-refractivity contribution is 5.90. The van der Waals surface area contributed by atoms with Gasteiger partial charge >= 0.3 is 0 Å². The maximum Gasteiger partial charge on any atom is 0.224 e. The molecule has 2 aromatic rings. The van der Waals surface area contributed by atoms with Crippen LogP contribution in [0.5, 0.6) is 0 Å². The van der Waals surface area contributed by atoms with Crippen LogP contribution in [0, 0.1) is 11.8 Å². The van der Waals surface area contributed by atoms with Crippen molar-refractivity contribution in [3.63, 3.8) is 0 Å². The van der Waals surface area contributed by atoms with Gasteiger partial charge in [-0.25, -0.2) is 0 Å². The van der Waals surface area contributed by atoms with Crippen LogP contribution in [0.2, 0.25) is 0 Å². The first-order valence-corrected chi connectivity index (χ1v) is 9.92. The minimum Gasteiger partial charge on any atom is -0.372 e. The van der Waals surface area contributed by atoms with Crippen molar-refractivity contribution in [2.45, 2.75) is 39.4 Å². The summed E-state index contributed by atoms with van der Waals surface area (Å²) >= 11 is 0. The van der Waals surface area contributed by atoms with E-state index in [0.29, 0.717) is 31.5 Å². The van der Waals surface area contributed by atoms with E-state index in [1.165, 1.54) is 18.4 Å². The fraction of sp³-hybridized carbons (Fsp3) is 0.435. The minimum absolute atomic E-state index is 0.106. The van der Waals surface area contributed by atoms with Crippen LogP contribution in [-0.2, 0) is 22.7 Å². The molecule has 1 atom stereocenters. The molecule has 2 N–H and O–H groups in total. The van der Waals surface area contributed by atoms with Gasteiger partial charge in [-0.15, -0.1) is 0 Å². The van der Waals surface area contributed by atoms with Gasteiger partial charge in [0.1, 0.15) is 0 Å². The van der Waals surface area contributed by atoms with Gasteiger partial charge in [0.2, 0.25) is 5.91 Å². The summed E-state index contributed by atoms with van der Waals surface area (Å²) in [5, 5.41) is 6.41. The lowest BCUT2D eigenvalue weighted by molar-refractivity contribution is -0.117. The van der Waals surface area contributed by atoms with Crippen molar-refractivity contribution in [1.82, 2.24) is 5.32 Å². The highest BCUT2D eigenvalue weighted by Gasteiger charge is 2.21. The van der Waals surface area contributed by atoms with Crippen molar-refractivity contribution in [1.29, 1.82) is 0 Å². The molecule has 0 aliphatic carbocycles. The lowest BCUT2D eigenvalue weighted by atomic mass is 9.84. The van der Waals surface area contributed by atoms with Crippen LogP contribution in [0.15, 0.2) is 54.6 Å². The van der Waals surface area contributed by atoms with Crippen LogP contribution in [0.1, 0.15) is 37.3 Å². The molecule has 0 saturated carbocycles. The Hall–Kier alpha value is -2.17. The van der Waals surface area contributed by atoms with E-state index in [2.05, 4.69) is 29.7 Å². The van der Waals surface area contributed by atoms with Gasteiger partial charge in [-0.1, -0.05) is 49.4 Å². The van der Waals surface area contributed by atoms with Crippen molar-refractivity contribution in [3.05, 3.63) is 65.7 Å². The third-order valence-corrected chi connectivity index (χ3v) is 5.31. The number of ether oxygens (including phenoxy) is 1. The number of piperidine rings is 1. The van der Waals surface area contributed by atoms with Crippen molar-refractivity contribution in [2.75, 3.05) is 18.4 Å². The molecule has 1 heterocycles. The van der Waals surface area contributed by atoms with E-state index in [4.69, 9.17) is 4.74 Å². The summed E-state index contributed by atoms with van der Waals surface area (Å²) in [5.41, 5.74) is 3.13. The maximum atomic E-state index is 12.3. The molecule has 0 bridgehead atoms. The Kier molecular flexibility index (Phi) is 7.43. The molecule has 0 spiro atoms. The average molecular weight is 367 g/mol. The van der Waals surface area contributed by atoms with E-state index < -0.39 is 0 Å². The van der Waals surface area contributed by atoms with Gasteiger partial charge in [0.15, 0.2) is 0 Å². The van der Waals surface area contributed by atoms with Crippen molar-refractivity contribution in [2.24, 2.45) is 11.8 Å². The van der Waals surface area contributed by atoms with E-state index in [1.807, 2.05) is 42.5 Å².